The van der Waals surface area contributed by atoms with Crippen LogP contribution >= 0.6 is 0 Å². The molecule has 1 aliphatic rings. The van der Waals surface area contributed by atoms with E-state index in [2.05, 4.69) is 241 Å². The zero-order valence-electron chi connectivity index (χ0n) is 34.2. The van der Waals surface area contributed by atoms with Gasteiger partial charge in [-0.2, -0.15) is 0 Å². The summed E-state index contributed by atoms with van der Waals surface area (Å²) in [7, 11) is -0.544. The molecule has 0 fully saturated rings. The molecule has 0 bridgehead atoms. The number of rotatable bonds is 7. The Kier molecular flexibility index (Phi) is 8.76. The van der Waals surface area contributed by atoms with Gasteiger partial charge in [0.15, 0.2) is 0 Å². The van der Waals surface area contributed by atoms with Crippen molar-refractivity contribution in [3.8, 4) is 83.6 Å². The number of aromatic nitrogens is 1. The lowest BCUT2D eigenvalue weighted by Crippen LogP contribution is -2.21. The lowest BCUT2D eigenvalue weighted by molar-refractivity contribution is 1.18. The van der Waals surface area contributed by atoms with Crippen molar-refractivity contribution in [3.05, 3.63) is 237 Å². The zero-order chi connectivity index (χ0) is 41.0. The summed E-state index contributed by atoms with van der Waals surface area (Å²) in [5, 5.41) is 5.59. The van der Waals surface area contributed by atoms with Crippen molar-refractivity contribution in [2.75, 3.05) is 0 Å². The van der Waals surface area contributed by atoms with Crippen LogP contribution in [0, 0.1) is 0 Å². The van der Waals surface area contributed by atoms with E-state index in [1.165, 1.54) is 111 Å². The molecule has 0 saturated carbocycles. The Hall–Kier alpha value is -7.78. The number of hydrogen-bond donors (Lipinski definition) is 0. The van der Waals surface area contributed by atoms with E-state index in [1.807, 2.05) is 0 Å². The molecular weight excluding hydrogens is 763 g/mol. The Balaban J connectivity index is 0.915. The molecule has 11 aromatic rings. The van der Waals surface area contributed by atoms with E-state index >= 15 is 0 Å². The van der Waals surface area contributed by atoms with E-state index in [9.17, 15) is 0 Å². The van der Waals surface area contributed by atoms with Gasteiger partial charge in [0, 0.05) is 16.5 Å². The van der Waals surface area contributed by atoms with Crippen LogP contribution in [-0.4, -0.2) is 14.1 Å². The van der Waals surface area contributed by atoms with Crippen molar-refractivity contribution < 1.29 is 0 Å². The van der Waals surface area contributed by atoms with Gasteiger partial charge < -0.3 is 4.57 Å². The maximum Gasteiger partial charge on any atom is 0.0892 e. The quantitative estimate of drug-likeness (QED) is 0.141. The minimum atomic E-state index is -0.544. The van der Waals surface area contributed by atoms with Gasteiger partial charge in [0.25, 0.3) is 0 Å². The van der Waals surface area contributed by atoms with Gasteiger partial charge >= 0.3 is 0 Å². The fraction of sp³-hybridized carbons (Fsp3) is 0. The highest BCUT2D eigenvalue weighted by Gasteiger charge is 2.21. The minimum Gasteiger partial charge on any atom is -0.309 e. The molecule has 1 aromatic heterocycles. The van der Waals surface area contributed by atoms with E-state index in [0.717, 1.165) is 0 Å². The van der Waals surface area contributed by atoms with Crippen LogP contribution in [0.15, 0.2) is 237 Å². The van der Waals surface area contributed by atoms with E-state index in [4.69, 9.17) is 0 Å². The summed E-state index contributed by atoms with van der Waals surface area (Å²) in [6.45, 7) is 0. The molecule has 2 heterocycles. The topological polar surface area (TPSA) is 4.93 Å². The molecule has 2 heteroatoms. The van der Waals surface area contributed by atoms with Crippen molar-refractivity contribution in [3.63, 3.8) is 0 Å². The van der Waals surface area contributed by atoms with Gasteiger partial charge in [-0.15, -0.1) is 0 Å². The summed E-state index contributed by atoms with van der Waals surface area (Å²) < 4.78 is 2.49. The Morgan fingerprint density at radius 1 is 0.242 bits per heavy atom. The summed E-state index contributed by atoms with van der Waals surface area (Å²) in [4.78, 5) is 0. The van der Waals surface area contributed by atoms with E-state index in [0.29, 0.717) is 0 Å². The normalized spacial score (nSPS) is 12.2. The molecule has 1 aliphatic heterocycles. The van der Waals surface area contributed by atoms with Crippen molar-refractivity contribution >= 4 is 41.7 Å². The van der Waals surface area contributed by atoms with Crippen LogP contribution in [0.3, 0.4) is 0 Å². The standard InChI is InChI=1S/C60H41NSi/c1-3-9-40(10-4-1)42-15-19-44(20-16-42)46-23-27-48(28-24-46)50-31-35-57-55(37-50)56-38-51(49-29-25-47(26-30-49)45-21-17-43(18-22-45)41-11-5-2-6-12-41)32-36-58(56)61(57)52-33-34-54-53-13-7-8-14-59(53)62-60(54)39-52/h1-39H,62H2. The second-order valence-electron chi connectivity index (χ2n) is 16.5. The first-order chi connectivity index (χ1) is 30.7. The largest absolute Gasteiger partial charge is 0.309 e. The highest BCUT2D eigenvalue weighted by Crippen LogP contribution is 2.39. The Labute approximate surface area is 364 Å². The molecule has 12 rings (SSSR count). The van der Waals surface area contributed by atoms with Gasteiger partial charge in [-0.1, -0.05) is 211 Å². The van der Waals surface area contributed by atoms with Crippen LogP contribution < -0.4 is 10.4 Å². The fourth-order valence-electron chi connectivity index (χ4n) is 9.61. The lowest BCUT2D eigenvalue weighted by atomic mass is 9.96. The predicted molar refractivity (Wildman–Crippen MR) is 267 cm³/mol. The molecule has 290 valence electrons. The van der Waals surface area contributed by atoms with Crippen molar-refractivity contribution in [1.82, 2.24) is 4.57 Å². The summed E-state index contributed by atoms with van der Waals surface area (Å²) in [5.41, 5.74) is 21.2. The zero-order valence-corrected chi connectivity index (χ0v) is 35.6. The third-order valence-electron chi connectivity index (χ3n) is 12.9. The van der Waals surface area contributed by atoms with Crippen LogP contribution in [-0.2, 0) is 0 Å². The number of benzene rings is 10. The number of nitrogens with zero attached hydrogens (tertiary/aromatic N) is 1. The Morgan fingerprint density at radius 3 is 1.02 bits per heavy atom. The molecule has 0 radical (unpaired) electrons. The summed E-state index contributed by atoms with van der Waals surface area (Å²) >= 11 is 0. The molecule has 0 N–H and O–H groups in total. The summed E-state index contributed by atoms with van der Waals surface area (Å²) in [6, 6.07) is 87.2. The van der Waals surface area contributed by atoms with Gasteiger partial charge in [-0.05, 0) is 114 Å². The van der Waals surface area contributed by atoms with Crippen molar-refractivity contribution in [1.29, 1.82) is 0 Å². The third kappa shape index (κ3) is 6.41. The second kappa shape index (κ2) is 15.0. The first-order valence-electron chi connectivity index (χ1n) is 21.5. The summed E-state index contributed by atoms with van der Waals surface area (Å²) in [6.07, 6.45) is 0. The number of fused-ring (bicyclic) bond motifs is 6. The molecule has 1 nitrogen and oxygen atoms in total. The van der Waals surface area contributed by atoms with Gasteiger partial charge in [-0.25, -0.2) is 0 Å². The molecule has 0 unspecified atom stereocenters. The Morgan fingerprint density at radius 2 is 0.581 bits per heavy atom. The predicted octanol–water partition coefficient (Wildman–Crippen LogP) is 13.9. The smallest absolute Gasteiger partial charge is 0.0892 e. The van der Waals surface area contributed by atoms with Gasteiger partial charge in [0.2, 0.25) is 0 Å². The molecule has 0 spiro atoms. The van der Waals surface area contributed by atoms with E-state index < -0.39 is 9.52 Å². The van der Waals surface area contributed by atoms with Crippen LogP contribution in [0.5, 0.6) is 0 Å². The monoisotopic (exact) mass is 803 g/mol. The number of hydrogen-bond acceptors (Lipinski definition) is 0. The molecule has 10 aromatic carbocycles. The Bertz CT molecular complexity index is 3230. The summed E-state index contributed by atoms with van der Waals surface area (Å²) in [5.74, 6) is 0. The van der Waals surface area contributed by atoms with E-state index in [1.54, 1.807) is 5.19 Å². The van der Waals surface area contributed by atoms with Gasteiger partial charge in [0.1, 0.15) is 0 Å². The average Bonchev–Trinajstić information content (AvgIpc) is 3.89. The third-order valence-corrected chi connectivity index (χ3v) is 14.9. The highest BCUT2D eigenvalue weighted by atomic mass is 28.2. The van der Waals surface area contributed by atoms with Crippen LogP contribution in [0.2, 0.25) is 0 Å². The van der Waals surface area contributed by atoms with Crippen LogP contribution in [0.25, 0.3) is 105 Å². The van der Waals surface area contributed by atoms with Crippen molar-refractivity contribution in [2.45, 2.75) is 0 Å². The van der Waals surface area contributed by atoms with Crippen LogP contribution in [0.4, 0.5) is 0 Å². The molecule has 0 aliphatic carbocycles. The first-order valence-corrected chi connectivity index (χ1v) is 22.9. The van der Waals surface area contributed by atoms with Gasteiger partial charge in [0.05, 0.1) is 20.6 Å². The van der Waals surface area contributed by atoms with Gasteiger partial charge in [-0.3, -0.25) is 0 Å². The SMILES string of the molecule is c1ccc(-c2ccc(-c3ccc(-c4ccc5c(c4)c4cc(-c6ccc(-c7ccc(-c8ccccc8)cc7)cc6)ccc4n5-c4ccc5c(c4)[SiH2]c4ccccc4-5)cc3)cc2)cc1. The maximum atomic E-state index is 2.49. The first kappa shape index (κ1) is 36.1. The second-order valence-corrected chi connectivity index (χ2v) is 18.4. The molecule has 62 heavy (non-hydrogen) atoms. The lowest BCUT2D eigenvalue weighted by Gasteiger charge is -2.11. The molecule has 0 saturated heterocycles. The molecule has 0 amide bonds. The minimum absolute atomic E-state index is 0.544. The fourth-order valence-corrected chi connectivity index (χ4v) is 11.6. The van der Waals surface area contributed by atoms with E-state index in [-0.39, 0.29) is 0 Å². The molecular formula is C60H41NSi. The van der Waals surface area contributed by atoms with Crippen LogP contribution in [0.1, 0.15) is 0 Å². The van der Waals surface area contributed by atoms with Crippen molar-refractivity contribution in [2.24, 2.45) is 0 Å². The maximum absolute atomic E-state index is 2.49. The highest BCUT2D eigenvalue weighted by molar-refractivity contribution is 6.73. The molecule has 0 atom stereocenters. The average molecular weight is 804 g/mol.